The Morgan fingerprint density at radius 1 is 1.26 bits per heavy atom. The van der Waals surface area contributed by atoms with Crippen LogP contribution < -0.4 is 10.6 Å². The Morgan fingerprint density at radius 2 is 1.84 bits per heavy atom. The minimum atomic E-state index is -4.43. The molecule has 1 aliphatic heterocycles. The molecule has 1 aromatic rings. The number of alkyl halides is 3. The maximum absolute atomic E-state index is 12.7. The van der Waals surface area contributed by atoms with E-state index in [1.807, 2.05) is 4.90 Å². The lowest BCUT2D eigenvalue weighted by molar-refractivity contribution is -0.141. The third kappa shape index (κ3) is 3.11. The van der Waals surface area contributed by atoms with Crippen LogP contribution in [0.15, 0.2) is 12.3 Å². The summed E-state index contributed by atoms with van der Waals surface area (Å²) in [5.74, 6) is 0. The van der Waals surface area contributed by atoms with Gasteiger partial charge in [0.05, 0.1) is 17.6 Å². The second-order valence-electron chi connectivity index (χ2n) is 5.78. The van der Waals surface area contributed by atoms with Crippen LogP contribution in [-0.4, -0.2) is 18.1 Å². The highest BCUT2D eigenvalue weighted by atomic mass is 19.4. The Labute approximate surface area is 110 Å². The van der Waals surface area contributed by atoms with Crippen molar-refractivity contribution in [2.45, 2.75) is 32.9 Å². The molecular formula is C13H18F3N3. The molecule has 0 amide bonds. The van der Waals surface area contributed by atoms with Crippen LogP contribution in [0.4, 0.5) is 24.5 Å². The van der Waals surface area contributed by atoms with Gasteiger partial charge in [-0.2, -0.15) is 13.2 Å². The second kappa shape index (κ2) is 4.58. The molecule has 1 aliphatic rings. The number of nitrogen functional groups attached to an aromatic ring is 1. The minimum absolute atomic E-state index is 0.241. The average molecular weight is 273 g/mol. The fraction of sp³-hybridized carbons (Fsp3) is 0.615. The Hall–Kier alpha value is -1.46. The number of pyridine rings is 1. The summed E-state index contributed by atoms with van der Waals surface area (Å²) in [7, 11) is 0. The molecule has 0 aliphatic carbocycles. The van der Waals surface area contributed by atoms with Gasteiger partial charge in [0.15, 0.2) is 0 Å². The minimum Gasteiger partial charge on any atom is -0.396 e. The molecule has 0 unspecified atom stereocenters. The van der Waals surface area contributed by atoms with E-state index in [1.165, 1.54) is 0 Å². The maximum atomic E-state index is 12.7. The molecule has 2 N–H and O–H groups in total. The molecule has 2 heterocycles. The van der Waals surface area contributed by atoms with Crippen molar-refractivity contribution in [1.82, 2.24) is 4.98 Å². The molecule has 0 aromatic carbocycles. The van der Waals surface area contributed by atoms with Crippen LogP contribution >= 0.6 is 0 Å². The van der Waals surface area contributed by atoms with Crippen molar-refractivity contribution in [3.8, 4) is 0 Å². The zero-order valence-corrected chi connectivity index (χ0v) is 11.1. The van der Waals surface area contributed by atoms with Gasteiger partial charge in [-0.1, -0.05) is 13.8 Å². The first-order valence-corrected chi connectivity index (χ1v) is 6.27. The predicted molar refractivity (Wildman–Crippen MR) is 68.9 cm³/mol. The third-order valence-corrected chi connectivity index (χ3v) is 3.66. The van der Waals surface area contributed by atoms with Crippen LogP contribution in [0.2, 0.25) is 0 Å². The van der Waals surface area contributed by atoms with Gasteiger partial charge in [0, 0.05) is 13.1 Å². The van der Waals surface area contributed by atoms with Crippen molar-refractivity contribution < 1.29 is 13.2 Å². The van der Waals surface area contributed by atoms with E-state index in [0.717, 1.165) is 38.2 Å². The van der Waals surface area contributed by atoms with E-state index < -0.39 is 11.9 Å². The molecule has 106 valence electrons. The van der Waals surface area contributed by atoms with Crippen molar-refractivity contribution in [3.05, 3.63) is 18.0 Å². The molecule has 2 rings (SSSR count). The summed E-state index contributed by atoms with van der Waals surface area (Å²) in [5, 5.41) is 0. The predicted octanol–water partition coefficient (Wildman–Crippen LogP) is 3.31. The number of anilines is 2. The number of nitrogens with two attached hydrogens (primary N) is 1. The monoisotopic (exact) mass is 273 g/mol. The Kier molecular flexibility index (Phi) is 3.36. The topological polar surface area (TPSA) is 42.2 Å². The summed E-state index contributed by atoms with van der Waals surface area (Å²) >= 11 is 0. The summed E-state index contributed by atoms with van der Waals surface area (Å²) in [5.41, 5.74) is 5.85. The number of rotatable bonds is 1. The zero-order chi connectivity index (χ0) is 14.3. The summed E-state index contributed by atoms with van der Waals surface area (Å²) in [4.78, 5) is 5.27. The largest absolute Gasteiger partial charge is 0.433 e. The number of hydrogen-bond acceptors (Lipinski definition) is 3. The summed E-state index contributed by atoms with van der Waals surface area (Å²) in [6.45, 7) is 5.78. The van der Waals surface area contributed by atoms with Gasteiger partial charge in [-0.3, -0.25) is 0 Å². The fourth-order valence-electron chi connectivity index (χ4n) is 2.24. The molecular weight excluding hydrogens is 255 g/mol. The molecule has 0 atom stereocenters. The summed E-state index contributed by atoms with van der Waals surface area (Å²) in [6.07, 6.45) is -1.46. The van der Waals surface area contributed by atoms with Gasteiger partial charge in [-0.25, -0.2) is 4.98 Å². The first-order chi connectivity index (χ1) is 8.69. The number of piperidine rings is 1. The van der Waals surface area contributed by atoms with Crippen LogP contribution in [-0.2, 0) is 6.18 Å². The van der Waals surface area contributed by atoms with Crippen LogP contribution in [0.25, 0.3) is 0 Å². The molecule has 1 saturated heterocycles. The second-order valence-corrected chi connectivity index (χ2v) is 5.78. The van der Waals surface area contributed by atoms with Crippen LogP contribution in [0.1, 0.15) is 32.4 Å². The van der Waals surface area contributed by atoms with Crippen molar-refractivity contribution in [1.29, 1.82) is 0 Å². The van der Waals surface area contributed by atoms with Crippen LogP contribution in [0.5, 0.6) is 0 Å². The first-order valence-electron chi connectivity index (χ1n) is 6.27. The quantitative estimate of drug-likeness (QED) is 0.853. The van der Waals surface area contributed by atoms with Gasteiger partial charge in [-0.15, -0.1) is 0 Å². The smallest absolute Gasteiger partial charge is 0.396 e. The zero-order valence-electron chi connectivity index (χ0n) is 11.1. The fourth-order valence-corrected chi connectivity index (χ4v) is 2.24. The van der Waals surface area contributed by atoms with E-state index in [-0.39, 0.29) is 5.41 Å². The maximum Gasteiger partial charge on any atom is 0.433 e. The van der Waals surface area contributed by atoms with E-state index in [0.29, 0.717) is 11.4 Å². The Morgan fingerprint density at radius 3 is 2.37 bits per heavy atom. The molecule has 0 bridgehead atoms. The molecule has 0 spiro atoms. The highest BCUT2D eigenvalue weighted by molar-refractivity contribution is 5.67. The van der Waals surface area contributed by atoms with Gasteiger partial charge < -0.3 is 10.6 Å². The summed E-state index contributed by atoms with van der Waals surface area (Å²) < 4.78 is 38.0. The van der Waals surface area contributed by atoms with E-state index in [9.17, 15) is 13.2 Å². The normalized spacial score (nSPS) is 19.5. The van der Waals surface area contributed by atoms with E-state index >= 15 is 0 Å². The van der Waals surface area contributed by atoms with Gasteiger partial charge in [0.1, 0.15) is 5.69 Å². The van der Waals surface area contributed by atoms with E-state index in [4.69, 9.17) is 5.73 Å². The highest BCUT2D eigenvalue weighted by Gasteiger charge is 2.34. The number of halogens is 3. The Balaban J connectivity index is 2.25. The van der Waals surface area contributed by atoms with E-state index in [1.54, 1.807) is 0 Å². The SMILES string of the molecule is CC1(C)CCN(c2cc(C(F)(F)F)ncc2N)CC1. The van der Waals surface area contributed by atoms with Crippen molar-refractivity contribution in [2.75, 3.05) is 23.7 Å². The molecule has 0 radical (unpaired) electrons. The average Bonchev–Trinajstić information content (AvgIpc) is 2.29. The molecule has 6 heteroatoms. The molecule has 19 heavy (non-hydrogen) atoms. The number of hydrogen-bond donors (Lipinski definition) is 1. The Bertz CT molecular complexity index is 459. The van der Waals surface area contributed by atoms with Crippen molar-refractivity contribution in [3.63, 3.8) is 0 Å². The molecule has 1 fully saturated rings. The van der Waals surface area contributed by atoms with Gasteiger partial charge >= 0.3 is 6.18 Å². The third-order valence-electron chi connectivity index (χ3n) is 3.66. The standard InChI is InChI=1S/C13H18F3N3/c1-12(2)3-5-19(6-4-12)10-7-11(13(14,15)16)18-8-9(10)17/h7-8H,3-6,17H2,1-2H3. The lowest BCUT2D eigenvalue weighted by Crippen LogP contribution is -2.37. The lowest BCUT2D eigenvalue weighted by atomic mass is 9.82. The first kappa shape index (κ1) is 14.0. The summed E-state index contributed by atoms with van der Waals surface area (Å²) in [6, 6.07) is 1.05. The molecule has 1 aromatic heterocycles. The number of aromatic nitrogens is 1. The lowest BCUT2D eigenvalue weighted by Gasteiger charge is -2.38. The van der Waals surface area contributed by atoms with Crippen LogP contribution in [0, 0.1) is 5.41 Å². The van der Waals surface area contributed by atoms with Crippen LogP contribution in [0.3, 0.4) is 0 Å². The van der Waals surface area contributed by atoms with E-state index in [2.05, 4.69) is 18.8 Å². The number of nitrogens with zero attached hydrogens (tertiary/aromatic N) is 2. The molecule has 3 nitrogen and oxygen atoms in total. The van der Waals surface area contributed by atoms with Crippen molar-refractivity contribution >= 4 is 11.4 Å². The van der Waals surface area contributed by atoms with Gasteiger partial charge in [0.2, 0.25) is 0 Å². The van der Waals surface area contributed by atoms with Gasteiger partial charge in [0.25, 0.3) is 0 Å². The molecule has 0 saturated carbocycles. The highest BCUT2D eigenvalue weighted by Crippen LogP contribution is 2.36. The van der Waals surface area contributed by atoms with Crippen molar-refractivity contribution in [2.24, 2.45) is 5.41 Å². The van der Waals surface area contributed by atoms with Gasteiger partial charge in [-0.05, 0) is 24.3 Å².